The van der Waals surface area contributed by atoms with Crippen LogP contribution in [0.1, 0.15) is 38.2 Å². The SMILES string of the molecule is CC(C)(C)n1nnnc1[C@H](c1ccc(O)cc1)N1CCN(c2nc3ccccc3s2)CC1. The van der Waals surface area contributed by atoms with E-state index in [9.17, 15) is 5.11 Å². The van der Waals surface area contributed by atoms with Gasteiger partial charge in [-0.1, -0.05) is 35.6 Å². The van der Waals surface area contributed by atoms with Gasteiger partial charge < -0.3 is 10.0 Å². The second-order valence-corrected chi connectivity index (χ2v) is 10.1. The summed E-state index contributed by atoms with van der Waals surface area (Å²) in [4.78, 5) is 9.62. The molecule has 5 rings (SSSR count). The molecular formula is C23H27N7OS. The van der Waals surface area contributed by atoms with Gasteiger partial charge in [0.1, 0.15) is 5.75 Å². The van der Waals surface area contributed by atoms with E-state index in [1.54, 1.807) is 23.5 Å². The molecule has 0 aliphatic carbocycles. The van der Waals surface area contributed by atoms with Gasteiger partial charge >= 0.3 is 0 Å². The smallest absolute Gasteiger partial charge is 0.186 e. The number of anilines is 1. The maximum Gasteiger partial charge on any atom is 0.186 e. The lowest BCUT2D eigenvalue weighted by atomic mass is 10.0. The molecule has 1 fully saturated rings. The highest BCUT2D eigenvalue weighted by Crippen LogP contribution is 2.33. The van der Waals surface area contributed by atoms with Crippen molar-refractivity contribution in [2.45, 2.75) is 32.4 Å². The van der Waals surface area contributed by atoms with Crippen molar-refractivity contribution >= 4 is 26.7 Å². The number of para-hydroxylation sites is 1. The Balaban J connectivity index is 1.43. The summed E-state index contributed by atoms with van der Waals surface area (Å²) in [6.45, 7) is 9.79. The molecule has 3 heterocycles. The van der Waals surface area contributed by atoms with E-state index >= 15 is 0 Å². The van der Waals surface area contributed by atoms with Gasteiger partial charge in [-0.05, 0) is 61.0 Å². The van der Waals surface area contributed by atoms with E-state index in [1.165, 1.54) is 4.70 Å². The van der Waals surface area contributed by atoms with Gasteiger partial charge in [-0.2, -0.15) is 0 Å². The van der Waals surface area contributed by atoms with Gasteiger partial charge in [0.2, 0.25) is 0 Å². The Morgan fingerprint density at radius 2 is 1.69 bits per heavy atom. The molecule has 2 aromatic carbocycles. The van der Waals surface area contributed by atoms with Crippen molar-refractivity contribution in [1.29, 1.82) is 0 Å². The number of aromatic hydroxyl groups is 1. The molecule has 0 radical (unpaired) electrons. The predicted octanol–water partition coefficient (Wildman–Crippen LogP) is 3.66. The van der Waals surface area contributed by atoms with Crippen molar-refractivity contribution in [3.05, 3.63) is 59.9 Å². The van der Waals surface area contributed by atoms with Crippen molar-refractivity contribution in [3.63, 3.8) is 0 Å². The van der Waals surface area contributed by atoms with Crippen LogP contribution in [0.25, 0.3) is 10.2 Å². The molecule has 1 aliphatic heterocycles. The van der Waals surface area contributed by atoms with Crippen LogP contribution in [0.2, 0.25) is 0 Å². The number of fused-ring (bicyclic) bond motifs is 1. The highest BCUT2D eigenvalue weighted by molar-refractivity contribution is 7.22. The Morgan fingerprint density at radius 1 is 0.969 bits per heavy atom. The van der Waals surface area contributed by atoms with Gasteiger partial charge in [0.25, 0.3) is 0 Å². The minimum atomic E-state index is -0.239. The van der Waals surface area contributed by atoms with Crippen LogP contribution in [0.3, 0.4) is 0 Å². The first-order chi connectivity index (χ1) is 15.4. The monoisotopic (exact) mass is 449 g/mol. The fourth-order valence-electron chi connectivity index (χ4n) is 4.19. The quantitative estimate of drug-likeness (QED) is 0.509. The molecule has 1 saturated heterocycles. The summed E-state index contributed by atoms with van der Waals surface area (Å²) in [5.41, 5.74) is 1.88. The van der Waals surface area contributed by atoms with Crippen LogP contribution in [0, 0.1) is 0 Å². The van der Waals surface area contributed by atoms with E-state index in [2.05, 4.69) is 64.3 Å². The third-order valence-corrected chi connectivity index (χ3v) is 6.91. The second kappa shape index (κ2) is 8.14. The number of nitrogens with zero attached hydrogens (tertiary/aromatic N) is 7. The van der Waals surface area contributed by atoms with Crippen molar-refractivity contribution in [1.82, 2.24) is 30.1 Å². The Morgan fingerprint density at radius 3 is 2.38 bits per heavy atom. The molecular weight excluding hydrogens is 422 g/mol. The van der Waals surface area contributed by atoms with Crippen molar-refractivity contribution in [2.24, 2.45) is 0 Å². The van der Waals surface area contributed by atoms with E-state index in [4.69, 9.17) is 4.98 Å². The van der Waals surface area contributed by atoms with Crippen LogP contribution < -0.4 is 4.90 Å². The van der Waals surface area contributed by atoms with Crippen LogP contribution in [0.4, 0.5) is 5.13 Å². The number of hydrogen-bond donors (Lipinski definition) is 1. The molecule has 0 spiro atoms. The fourth-order valence-corrected chi connectivity index (χ4v) is 5.21. The maximum atomic E-state index is 9.81. The molecule has 1 atom stereocenters. The Kier molecular flexibility index (Phi) is 5.30. The lowest BCUT2D eigenvalue weighted by Gasteiger charge is -2.39. The van der Waals surface area contributed by atoms with Gasteiger partial charge in [-0.3, -0.25) is 4.90 Å². The van der Waals surface area contributed by atoms with E-state index in [0.29, 0.717) is 0 Å². The molecule has 0 bridgehead atoms. The maximum absolute atomic E-state index is 9.81. The lowest BCUT2D eigenvalue weighted by molar-refractivity contribution is 0.191. The number of aromatic nitrogens is 5. The van der Waals surface area contributed by atoms with Crippen LogP contribution in [0.5, 0.6) is 5.75 Å². The van der Waals surface area contributed by atoms with Gasteiger partial charge in [0.05, 0.1) is 21.8 Å². The number of piperazine rings is 1. The van der Waals surface area contributed by atoms with Crippen molar-refractivity contribution in [3.8, 4) is 5.75 Å². The number of phenolic OH excluding ortho intramolecular Hbond substituents is 1. The van der Waals surface area contributed by atoms with E-state index in [1.807, 2.05) is 22.9 Å². The van der Waals surface area contributed by atoms with E-state index < -0.39 is 0 Å². The molecule has 1 N–H and O–H groups in total. The fraction of sp³-hybridized carbons (Fsp3) is 0.391. The van der Waals surface area contributed by atoms with Crippen LogP contribution in [-0.4, -0.2) is 61.4 Å². The predicted molar refractivity (Wildman–Crippen MR) is 126 cm³/mol. The molecule has 8 nitrogen and oxygen atoms in total. The first kappa shape index (κ1) is 20.8. The summed E-state index contributed by atoms with van der Waals surface area (Å²) < 4.78 is 3.13. The number of hydrogen-bond acceptors (Lipinski definition) is 8. The summed E-state index contributed by atoms with van der Waals surface area (Å²) in [6.07, 6.45) is 0. The number of rotatable bonds is 4. The summed E-state index contributed by atoms with van der Waals surface area (Å²) in [6, 6.07) is 15.6. The minimum Gasteiger partial charge on any atom is -0.508 e. The zero-order valence-electron chi connectivity index (χ0n) is 18.5. The summed E-state index contributed by atoms with van der Waals surface area (Å²) in [5, 5.41) is 23.6. The molecule has 1 aliphatic rings. The largest absolute Gasteiger partial charge is 0.508 e. The number of tetrazole rings is 1. The Labute approximate surface area is 191 Å². The second-order valence-electron chi connectivity index (χ2n) is 9.10. The number of phenols is 1. The van der Waals surface area contributed by atoms with E-state index in [-0.39, 0.29) is 17.3 Å². The van der Waals surface area contributed by atoms with Crippen molar-refractivity contribution < 1.29 is 5.11 Å². The summed E-state index contributed by atoms with van der Waals surface area (Å²) in [7, 11) is 0. The zero-order chi connectivity index (χ0) is 22.3. The average Bonchev–Trinajstić information content (AvgIpc) is 3.43. The van der Waals surface area contributed by atoms with Gasteiger partial charge in [0, 0.05) is 26.2 Å². The normalized spacial score (nSPS) is 16.5. The Hall–Kier alpha value is -3.04. The van der Waals surface area contributed by atoms with Crippen LogP contribution in [0.15, 0.2) is 48.5 Å². The van der Waals surface area contributed by atoms with Crippen molar-refractivity contribution in [2.75, 3.05) is 31.1 Å². The number of benzene rings is 2. The summed E-state index contributed by atoms with van der Waals surface area (Å²) in [5.74, 6) is 1.07. The molecule has 4 aromatic rings. The molecule has 0 unspecified atom stereocenters. The topological polar surface area (TPSA) is 83.2 Å². The molecule has 32 heavy (non-hydrogen) atoms. The first-order valence-corrected chi connectivity index (χ1v) is 11.6. The summed E-state index contributed by atoms with van der Waals surface area (Å²) >= 11 is 1.75. The van der Waals surface area contributed by atoms with Crippen LogP contribution >= 0.6 is 11.3 Å². The third-order valence-electron chi connectivity index (χ3n) is 5.81. The van der Waals surface area contributed by atoms with Gasteiger partial charge in [-0.15, -0.1) is 5.10 Å². The zero-order valence-corrected chi connectivity index (χ0v) is 19.3. The molecule has 0 saturated carbocycles. The molecule has 9 heteroatoms. The average molecular weight is 450 g/mol. The Bertz CT molecular complexity index is 1170. The third kappa shape index (κ3) is 3.93. The highest BCUT2D eigenvalue weighted by atomic mass is 32.1. The number of thiazole rings is 1. The molecule has 0 amide bonds. The van der Waals surface area contributed by atoms with Gasteiger partial charge in [-0.25, -0.2) is 9.67 Å². The standard InChI is InChI=1S/C23H27N7OS/c1-23(2,3)30-21(25-26-27-30)20(16-8-10-17(31)11-9-16)28-12-14-29(15-13-28)22-24-18-6-4-5-7-19(18)32-22/h4-11,20,31H,12-15H2,1-3H3/t20-/m0/s1. The minimum absolute atomic E-state index is 0.0951. The van der Waals surface area contributed by atoms with Gasteiger partial charge in [0.15, 0.2) is 11.0 Å². The first-order valence-electron chi connectivity index (χ1n) is 10.8. The lowest BCUT2D eigenvalue weighted by Crippen LogP contribution is -2.48. The molecule has 2 aromatic heterocycles. The van der Waals surface area contributed by atoms with E-state index in [0.717, 1.165) is 48.2 Å². The molecule has 166 valence electrons. The highest BCUT2D eigenvalue weighted by Gasteiger charge is 2.33. The van der Waals surface area contributed by atoms with Crippen LogP contribution in [-0.2, 0) is 5.54 Å².